The van der Waals surface area contributed by atoms with E-state index in [9.17, 15) is 19.7 Å². The molecule has 130 valence electrons. The summed E-state index contributed by atoms with van der Waals surface area (Å²) in [4.78, 5) is 0. The Morgan fingerprint density at radius 1 is 1.17 bits per heavy atom. The monoisotopic (exact) mass is 339 g/mol. The molecule has 3 rings (SSSR count). The molecule has 1 saturated heterocycles. The molecule has 0 aliphatic carbocycles. The number of halogens is 1. The molecule has 2 heterocycles. The van der Waals surface area contributed by atoms with Gasteiger partial charge in [-0.2, -0.15) is 0 Å². The summed E-state index contributed by atoms with van der Waals surface area (Å²) in [5.74, 6) is -0.306. The highest BCUT2D eigenvalue weighted by molar-refractivity contribution is 5.15. The van der Waals surface area contributed by atoms with Gasteiger partial charge in [0.1, 0.15) is 29.8 Å². The second-order valence-electron chi connectivity index (χ2n) is 5.58. The van der Waals surface area contributed by atoms with Crippen LogP contribution in [0.3, 0.4) is 0 Å². The Labute approximate surface area is 137 Å². The first-order chi connectivity index (χ1) is 11.5. The molecule has 1 aromatic carbocycles. The lowest BCUT2D eigenvalue weighted by Gasteiger charge is -2.34. The lowest BCUT2D eigenvalue weighted by molar-refractivity contribution is -0.214. The minimum absolute atomic E-state index is 0.112. The quantitative estimate of drug-likeness (QED) is 0.689. The van der Waals surface area contributed by atoms with Gasteiger partial charge >= 0.3 is 0 Å². The van der Waals surface area contributed by atoms with Crippen LogP contribution in [0.1, 0.15) is 17.5 Å². The highest BCUT2D eigenvalue weighted by Crippen LogP contribution is 2.23. The zero-order chi connectivity index (χ0) is 17.1. The third-order valence-electron chi connectivity index (χ3n) is 3.72. The van der Waals surface area contributed by atoms with Gasteiger partial charge < -0.3 is 24.8 Å². The van der Waals surface area contributed by atoms with Crippen LogP contribution in [-0.4, -0.2) is 55.2 Å². The second kappa shape index (κ2) is 7.32. The number of aliphatic hydroxyl groups excluding tert-OH is 3. The molecular weight excluding hydrogens is 321 g/mol. The maximum Gasteiger partial charge on any atom is 0.180 e. The van der Waals surface area contributed by atoms with E-state index in [2.05, 4.69) is 10.3 Å². The van der Waals surface area contributed by atoms with Gasteiger partial charge in [0, 0.05) is 0 Å². The summed E-state index contributed by atoms with van der Waals surface area (Å²) in [5.41, 5.74) is 1.33. The standard InChI is InChI=1S/C15H18FN3O5/c16-10-3-1-9(2-4-10)6-23-7-11-5-19(18-17-11)15-14(22)13(21)12(20)8-24-15/h1-5,12-15,20-22H,6-8H2. The van der Waals surface area contributed by atoms with Crippen molar-refractivity contribution in [3.05, 3.63) is 47.5 Å². The van der Waals surface area contributed by atoms with Crippen LogP contribution in [0.4, 0.5) is 4.39 Å². The van der Waals surface area contributed by atoms with Gasteiger partial charge in [0.25, 0.3) is 0 Å². The van der Waals surface area contributed by atoms with Crippen LogP contribution in [0.2, 0.25) is 0 Å². The molecule has 24 heavy (non-hydrogen) atoms. The lowest BCUT2D eigenvalue weighted by atomic mass is 10.0. The molecule has 1 fully saturated rings. The SMILES string of the molecule is OC1COC(n2cc(COCc3ccc(F)cc3)nn2)C(O)C1O. The first kappa shape index (κ1) is 16.9. The summed E-state index contributed by atoms with van der Waals surface area (Å²) in [6, 6.07) is 5.98. The van der Waals surface area contributed by atoms with Gasteiger partial charge in [0.2, 0.25) is 0 Å². The van der Waals surface area contributed by atoms with Gasteiger partial charge in [-0.25, -0.2) is 9.07 Å². The van der Waals surface area contributed by atoms with Crippen molar-refractivity contribution < 1.29 is 29.2 Å². The van der Waals surface area contributed by atoms with Crippen molar-refractivity contribution in [1.29, 1.82) is 0 Å². The van der Waals surface area contributed by atoms with E-state index in [-0.39, 0.29) is 19.0 Å². The normalized spacial score (nSPS) is 27.3. The maximum atomic E-state index is 12.8. The van der Waals surface area contributed by atoms with E-state index in [1.54, 1.807) is 12.1 Å². The molecule has 0 bridgehead atoms. The molecule has 0 saturated carbocycles. The number of ether oxygens (including phenoxy) is 2. The van der Waals surface area contributed by atoms with E-state index in [0.29, 0.717) is 12.3 Å². The fraction of sp³-hybridized carbons (Fsp3) is 0.467. The van der Waals surface area contributed by atoms with Gasteiger partial charge in [-0.1, -0.05) is 17.3 Å². The van der Waals surface area contributed by atoms with Crippen LogP contribution >= 0.6 is 0 Å². The van der Waals surface area contributed by atoms with Gasteiger partial charge in [0.15, 0.2) is 6.23 Å². The fourth-order valence-corrected chi connectivity index (χ4v) is 2.38. The summed E-state index contributed by atoms with van der Waals surface area (Å²) in [6.45, 7) is 0.352. The molecule has 4 atom stereocenters. The Balaban J connectivity index is 1.54. The summed E-state index contributed by atoms with van der Waals surface area (Å²) in [6.07, 6.45) is -3.17. The van der Waals surface area contributed by atoms with Crippen molar-refractivity contribution >= 4 is 0 Å². The Hall–Kier alpha value is -1.91. The lowest BCUT2D eigenvalue weighted by Crippen LogP contribution is -2.50. The van der Waals surface area contributed by atoms with Gasteiger partial charge in [-0.3, -0.25) is 0 Å². The zero-order valence-electron chi connectivity index (χ0n) is 12.7. The summed E-state index contributed by atoms with van der Waals surface area (Å²) < 4.78 is 24.8. The maximum absolute atomic E-state index is 12.8. The average Bonchev–Trinajstić information content (AvgIpc) is 3.03. The van der Waals surface area contributed by atoms with Crippen LogP contribution in [0.5, 0.6) is 0 Å². The highest BCUT2D eigenvalue weighted by Gasteiger charge is 2.39. The molecule has 3 N–H and O–H groups in total. The fourth-order valence-electron chi connectivity index (χ4n) is 2.38. The Morgan fingerprint density at radius 3 is 2.67 bits per heavy atom. The van der Waals surface area contributed by atoms with Crippen molar-refractivity contribution in [2.75, 3.05) is 6.61 Å². The molecule has 4 unspecified atom stereocenters. The third-order valence-corrected chi connectivity index (χ3v) is 3.72. The third kappa shape index (κ3) is 3.77. The number of benzene rings is 1. The van der Waals surface area contributed by atoms with Crippen molar-refractivity contribution in [1.82, 2.24) is 15.0 Å². The van der Waals surface area contributed by atoms with Crippen molar-refractivity contribution in [2.24, 2.45) is 0 Å². The van der Waals surface area contributed by atoms with Crippen molar-refractivity contribution in [3.63, 3.8) is 0 Å². The first-order valence-corrected chi connectivity index (χ1v) is 7.43. The van der Waals surface area contributed by atoms with Crippen LogP contribution < -0.4 is 0 Å². The molecule has 1 aliphatic heterocycles. The predicted octanol–water partition coefficient (Wildman–Crippen LogP) is -0.255. The summed E-state index contributed by atoms with van der Waals surface area (Å²) in [5, 5.41) is 36.8. The largest absolute Gasteiger partial charge is 0.388 e. The number of aliphatic hydroxyl groups is 3. The predicted molar refractivity (Wildman–Crippen MR) is 77.9 cm³/mol. The molecule has 0 radical (unpaired) electrons. The van der Waals surface area contributed by atoms with Crippen molar-refractivity contribution in [2.45, 2.75) is 37.8 Å². The van der Waals surface area contributed by atoms with E-state index in [0.717, 1.165) is 5.56 Å². The number of aromatic nitrogens is 3. The highest BCUT2D eigenvalue weighted by atomic mass is 19.1. The van der Waals surface area contributed by atoms with Crippen LogP contribution in [0.15, 0.2) is 30.5 Å². The molecule has 0 amide bonds. The summed E-state index contributed by atoms with van der Waals surface area (Å²) in [7, 11) is 0. The topological polar surface area (TPSA) is 110 Å². The van der Waals surface area contributed by atoms with E-state index in [1.807, 2.05) is 0 Å². The molecular formula is C15H18FN3O5. The van der Waals surface area contributed by atoms with Crippen LogP contribution in [0, 0.1) is 5.82 Å². The van der Waals surface area contributed by atoms with E-state index in [1.165, 1.54) is 23.0 Å². The number of nitrogens with zero attached hydrogens (tertiary/aromatic N) is 3. The first-order valence-electron chi connectivity index (χ1n) is 7.43. The van der Waals surface area contributed by atoms with Gasteiger partial charge in [-0.05, 0) is 17.7 Å². The van der Waals surface area contributed by atoms with E-state index in [4.69, 9.17) is 9.47 Å². The van der Waals surface area contributed by atoms with E-state index >= 15 is 0 Å². The Morgan fingerprint density at radius 2 is 1.92 bits per heavy atom. The van der Waals surface area contributed by atoms with Crippen LogP contribution in [-0.2, 0) is 22.7 Å². The molecule has 1 aliphatic rings. The van der Waals surface area contributed by atoms with Crippen molar-refractivity contribution in [3.8, 4) is 0 Å². The second-order valence-corrected chi connectivity index (χ2v) is 5.58. The number of rotatable bonds is 5. The molecule has 1 aromatic heterocycles. The minimum Gasteiger partial charge on any atom is -0.388 e. The molecule has 9 heteroatoms. The molecule has 2 aromatic rings. The van der Waals surface area contributed by atoms with E-state index < -0.39 is 24.5 Å². The van der Waals surface area contributed by atoms with Gasteiger partial charge in [-0.15, -0.1) is 5.10 Å². The summed E-state index contributed by atoms with van der Waals surface area (Å²) >= 11 is 0. The van der Waals surface area contributed by atoms with Crippen LogP contribution in [0.25, 0.3) is 0 Å². The van der Waals surface area contributed by atoms with Gasteiger partial charge in [0.05, 0.1) is 26.0 Å². The average molecular weight is 339 g/mol. The zero-order valence-corrected chi connectivity index (χ0v) is 12.7. The molecule has 0 spiro atoms. The minimum atomic E-state index is -1.32. The molecule has 8 nitrogen and oxygen atoms in total. The Bertz CT molecular complexity index is 665. The smallest absolute Gasteiger partial charge is 0.180 e. The Kier molecular flexibility index (Phi) is 5.17. The number of hydrogen-bond donors (Lipinski definition) is 3. The number of hydrogen-bond acceptors (Lipinski definition) is 7.